The first-order chi connectivity index (χ1) is 11.2. The number of piperidine rings is 1. The number of aromatic nitrogens is 3. The molecule has 3 heterocycles. The van der Waals surface area contributed by atoms with Gasteiger partial charge < -0.3 is 19.5 Å². The molecule has 0 amide bonds. The molecule has 1 saturated heterocycles. The predicted octanol–water partition coefficient (Wildman–Crippen LogP) is 1.78. The number of aliphatic hydroxyl groups excluding tert-OH is 1. The van der Waals surface area contributed by atoms with Gasteiger partial charge in [-0.3, -0.25) is 0 Å². The first kappa shape index (κ1) is 16.4. The van der Waals surface area contributed by atoms with E-state index in [-0.39, 0.29) is 6.61 Å². The van der Waals surface area contributed by atoms with Crippen LogP contribution in [0.15, 0.2) is 17.8 Å². The van der Waals surface area contributed by atoms with E-state index in [0.29, 0.717) is 5.92 Å². The quantitative estimate of drug-likeness (QED) is 0.872. The number of hydrogen-bond acceptors (Lipinski definition) is 6. The van der Waals surface area contributed by atoms with Gasteiger partial charge in [-0.05, 0) is 26.9 Å². The van der Waals surface area contributed by atoms with Crippen LogP contribution in [-0.4, -0.2) is 58.3 Å². The molecule has 1 aliphatic rings. The third kappa shape index (κ3) is 3.91. The van der Waals surface area contributed by atoms with Crippen LogP contribution in [0.3, 0.4) is 0 Å². The molecule has 0 spiro atoms. The Bertz CT molecular complexity index is 624. The summed E-state index contributed by atoms with van der Waals surface area (Å²) in [4.78, 5) is 13.7. The molecule has 0 aromatic carbocycles. The number of rotatable bonds is 6. The lowest BCUT2D eigenvalue weighted by Crippen LogP contribution is -2.35. The molecule has 0 aliphatic carbocycles. The topological polar surface area (TPSA) is 57.4 Å². The van der Waals surface area contributed by atoms with Crippen LogP contribution in [0.2, 0.25) is 0 Å². The second-order valence-electron chi connectivity index (χ2n) is 6.35. The first-order valence-electron chi connectivity index (χ1n) is 8.13. The molecule has 0 unspecified atom stereocenters. The summed E-state index contributed by atoms with van der Waals surface area (Å²) in [5.41, 5.74) is 0.764. The van der Waals surface area contributed by atoms with Gasteiger partial charge in [-0.2, -0.15) is 0 Å². The number of anilines is 1. The predicted molar refractivity (Wildman–Crippen MR) is 93.0 cm³/mol. The van der Waals surface area contributed by atoms with Crippen LogP contribution >= 0.6 is 11.3 Å². The lowest BCUT2D eigenvalue weighted by Gasteiger charge is -2.32. The average molecular weight is 335 g/mol. The van der Waals surface area contributed by atoms with Gasteiger partial charge in [-0.1, -0.05) is 0 Å². The number of likely N-dealkylation sites (N-methyl/N-ethyl adjacent to an activating group) is 1. The number of hydrogen-bond donors (Lipinski definition) is 1. The minimum Gasteiger partial charge on any atom is -0.390 e. The van der Waals surface area contributed by atoms with E-state index in [1.807, 2.05) is 11.6 Å². The summed E-state index contributed by atoms with van der Waals surface area (Å²) >= 11 is 1.62. The van der Waals surface area contributed by atoms with Crippen LogP contribution in [0, 0.1) is 0 Å². The Labute approximate surface area is 141 Å². The molecule has 1 N–H and O–H groups in total. The summed E-state index contributed by atoms with van der Waals surface area (Å²) in [7, 11) is 4.19. The smallest absolute Gasteiger partial charge is 0.185 e. The maximum Gasteiger partial charge on any atom is 0.185 e. The average Bonchev–Trinajstić information content (AvgIpc) is 3.22. The molecule has 7 heteroatoms. The van der Waals surface area contributed by atoms with E-state index >= 15 is 0 Å². The van der Waals surface area contributed by atoms with Crippen LogP contribution in [-0.2, 0) is 13.2 Å². The third-order valence-electron chi connectivity index (χ3n) is 4.29. The van der Waals surface area contributed by atoms with Gasteiger partial charge in [0, 0.05) is 49.9 Å². The zero-order chi connectivity index (χ0) is 16.2. The molecule has 1 atom stereocenters. The van der Waals surface area contributed by atoms with Crippen molar-refractivity contribution >= 4 is 16.5 Å². The van der Waals surface area contributed by atoms with E-state index in [0.717, 1.165) is 43.4 Å². The molecular formula is C16H25N5OS. The monoisotopic (exact) mass is 335 g/mol. The van der Waals surface area contributed by atoms with Crippen LogP contribution in [0.5, 0.6) is 0 Å². The summed E-state index contributed by atoms with van der Waals surface area (Å²) in [5, 5.41) is 12.2. The van der Waals surface area contributed by atoms with Crippen LogP contribution in [0.25, 0.3) is 0 Å². The lowest BCUT2D eigenvalue weighted by atomic mass is 9.97. The van der Waals surface area contributed by atoms with Gasteiger partial charge in [0.05, 0.1) is 12.3 Å². The number of thiazole rings is 1. The van der Waals surface area contributed by atoms with Crippen molar-refractivity contribution in [1.29, 1.82) is 0 Å². The molecule has 1 fully saturated rings. The molecule has 126 valence electrons. The molecule has 2 aromatic heterocycles. The molecule has 0 radical (unpaired) electrons. The Morgan fingerprint density at radius 1 is 1.43 bits per heavy atom. The fourth-order valence-electron chi connectivity index (χ4n) is 3.05. The maximum absolute atomic E-state index is 9.20. The van der Waals surface area contributed by atoms with Crippen LogP contribution in [0.4, 0.5) is 5.13 Å². The molecule has 1 aliphatic heterocycles. The molecular weight excluding hydrogens is 310 g/mol. The van der Waals surface area contributed by atoms with E-state index in [2.05, 4.69) is 44.6 Å². The fraction of sp³-hybridized carbons (Fsp3) is 0.625. The summed E-state index contributed by atoms with van der Waals surface area (Å²) in [6.07, 6.45) is 6.33. The Morgan fingerprint density at radius 2 is 2.30 bits per heavy atom. The van der Waals surface area contributed by atoms with Crippen molar-refractivity contribution in [2.75, 3.05) is 38.6 Å². The zero-order valence-corrected chi connectivity index (χ0v) is 14.7. The Morgan fingerprint density at radius 3 is 3.04 bits per heavy atom. The molecule has 0 saturated carbocycles. The van der Waals surface area contributed by atoms with Crippen molar-refractivity contribution in [2.45, 2.75) is 31.9 Å². The lowest BCUT2D eigenvalue weighted by molar-refractivity contribution is 0.277. The van der Waals surface area contributed by atoms with Crippen molar-refractivity contribution in [3.63, 3.8) is 0 Å². The maximum atomic E-state index is 9.20. The van der Waals surface area contributed by atoms with Crippen molar-refractivity contribution < 1.29 is 5.11 Å². The summed E-state index contributed by atoms with van der Waals surface area (Å²) in [5.74, 6) is 1.64. The van der Waals surface area contributed by atoms with Crippen molar-refractivity contribution in [3.8, 4) is 0 Å². The van der Waals surface area contributed by atoms with Gasteiger partial charge in [0.25, 0.3) is 0 Å². The van der Waals surface area contributed by atoms with E-state index in [9.17, 15) is 5.11 Å². The standard InChI is InChI=1S/C16H25N5OS/c1-19(2)8-9-20-7-5-17-15(20)13-4-3-6-21(10-13)16-18-14(11-22)12-23-16/h5,7,12-13,22H,3-4,6,8-11H2,1-2H3/t13-/m1/s1. The Hall–Kier alpha value is -1.44. The highest BCUT2D eigenvalue weighted by molar-refractivity contribution is 7.13. The van der Waals surface area contributed by atoms with Gasteiger partial charge in [0.1, 0.15) is 5.82 Å². The van der Waals surface area contributed by atoms with Crippen molar-refractivity contribution in [3.05, 3.63) is 29.3 Å². The molecule has 2 aromatic rings. The van der Waals surface area contributed by atoms with Crippen LogP contribution in [0.1, 0.15) is 30.3 Å². The van der Waals surface area contributed by atoms with E-state index in [1.54, 1.807) is 11.3 Å². The van der Waals surface area contributed by atoms with Crippen molar-refractivity contribution in [1.82, 2.24) is 19.4 Å². The minimum atomic E-state index is 0.0166. The van der Waals surface area contributed by atoms with Gasteiger partial charge in [-0.25, -0.2) is 9.97 Å². The summed E-state index contributed by atoms with van der Waals surface area (Å²) < 4.78 is 2.29. The van der Waals surface area contributed by atoms with E-state index in [1.165, 1.54) is 12.2 Å². The van der Waals surface area contributed by atoms with Crippen LogP contribution < -0.4 is 4.90 Å². The number of nitrogens with zero attached hydrogens (tertiary/aromatic N) is 5. The van der Waals surface area contributed by atoms with E-state index < -0.39 is 0 Å². The van der Waals surface area contributed by atoms with Gasteiger partial charge in [-0.15, -0.1) is 11.3 Å². The Kier molecular flexibility index (Phi) is 5.30. The second kappa shape index (κ2) is 7.42. The summed E-state index contributed by atoms with van der Waals surface area (Å²) in [6.45, 7) is 4.00. The first-order valence-corrected chi connectivity index (χ1v) is 9.01. The zero-order valence-electron chi connectivity index (χ0n) is 13.9. The highest BCUT2D eigenvalue weighted by Crippen LogP contribution is 2.30. The second-order valence-corrected chi connectivity index (χ2v) is 7.18. The van der Waals surface area contributed by atoms with E-state index in [4.69, 9.17) is 0 Å². The van der Waals surface area contributed by atoms with Gasteiger partial charge >= 0.3 is 0 Å². The van der Waals surface area contributed by atoms with Gasteiger partial charge in [0.2, 0.25) is 0 Å². The summed E-state index contributed by atoms with van der Waals surface area (Å²) in [6, 6.07) is 0. The molecule has 23 heavy (non-hydrogen) atoms. The molecule has 6 nitrogen and oxygen atoms in total. The number of aliphatic hydroxyl groups is 1. The van der Waals surface area contributed by atoms with Crippen molar-refractivity contribution in [2.24, 2.45) is 0 Å². The largest absolute Gasteiger partial charge is 0.390 e. The number of imidazole rings is 1. The normalized spacial score (nSPS) is 18.8. The minimum absolute atomic E-state index is 0.0166. The molecule has 3 rings (SSSR count). The highest BCUT2D eigenvalue weighted by atomic mass is 32.1. The highest BCUT2D eigenvalue weighted by Gasteiger charge is 2.26. The molecule has 0 bridgehead atoms. The van der Waals surface area contributed by atoms with Gasteiger partial charge in [0.15, 0.2) is 5.13 Å². The third-order valence-corrected chi connectivity index (χ3v) is 5.24. The Balaban J connectivity index is 1.70. The fourth-order valence-corrected chi connectivity index (χ4v) is 3.91. The SMILES string of the molecule is CN(C)CCn1ccnc1[C@@H]1CCCN(c2nc(CO)cs2)C1.